The first kappa shape index (κ1) is 21.1. The van der Waals surface area contributed by atoms with Crippen molar-refractivity contribution in [2.75, 3.05) is 7.11 Å². The van der Waals surface area contributed by atoms with E-state index in [0.717, 1.165) is 17.5 Å². The first-order valence-corrected chi connectivity index (χ1v) is 14.6. The van der Waals surface area contributed by atoms with Gasteiger partial charge in [0, 0.05) is 0 Å². The van der Waals surface area contributed by atoms with Gasteiger partial charge in [-0.15, -0.1) is 0 Å². The average molecular weight is 498 g/mol. The van der Waals surface area contributed by atoms with Crippen LogP contribution in [0.25, 0.3) is 0 Å². The van der Waals surface area contributed by atoms with E-state index in [1.165, 1.54) is 15.9 Å². The maximum absolute atomic E-state index is 6.76. The Labute approximate surface area is 191 Å². The predicted molar refractivity (Wildman–Crippen MR) is 136 cm³/mol. The Hall–Kier alpha value is -2.12. The first-order chi connectivity index (χ1) is 14.6. The van der Waals surface area contributed by atoms with Gasteiger partial charge in [0.15, 0.2) is 0 Å². The summed E-state index contributed by atoms with van der Waals surface area (Å²) in [6.07, 6.45) is 0.756. The molecule has 4 rings (SSSR count). The fourth-order valence-corrected chi connectivity index (χ4v) is 12.0. The van der Waals surface area contributed by atoms with Gasteiger partial charge in [0.2, 0.25) is 0 Å². The Morgan fingerprint density at radius 3 is 1.50 bits per heavy atom. The topological polar surface area (TPSA) is 9.23 Å². The Morgan fingerprint density at radius 1 is 0.700 bits per heavy atom. The van der Waals surface area contributed by atoms with E-state index in [2.05, 4.69) is 113 Å². The summed E-state index contributed by atoms with van der Waals surface area (Å²) in [5, 5.41) is 1.47. The number of methoxy groups -OCH3 is 1. The molecule has 0 fully saturated rings. The number of halogens is 2. The quantitative estimate of drug-likeness (QED) is 0.270. The summed E-state index contributed by atoms with van der Waals surface area (Å²) >= 11 is 11.2. The van der Waals surface area contributed by atoms with Crippen molar-refractivity contribution in [2.45, 2.75) is 6.16 Å². The molecule has 4 aromatic carbocycles. The average Bonchev–Trinajstić information content (AvgIpc) is 2.82. The van der Waals surface area contributed by atoms with E-state index < -0.39 is 5.31 Å². The Bertz CT molecular complexity index is 1030. The third-order valence-electron chi connectivity index (χ3n) is 5.61. The molecular weight excluding hydrogens is 475 g/mol. The molecule has 0 amide bonds. The van der Waals surface area contributed by atoms with Crippen LogP contribution in [0.15, 0.2) is 109 Å². The summed E-state index contributed by atoms with van der Waals surface area (Å²) in [5.74, 6) is 0.762. The Morgan fingerprint density at radius 2 is 1.13 bits per heavy atom. The van der Waals surface area contributed by atoms with Crippen molar-refractivity contribution in [2.24, 2.45) is 0 Å². The molecule has 152 valence electrons. The molecule has 4 heteroatoms. The molecule has 0 aliphatic rings. The van der Waals surface area contributed by atoms with Gasteiger partial charge in [0.05, 0.1) is 0 Å². The number of rotatable bonds is 6. The third kappa shape index (κ3) is 3.58. The van der Waals surface area contributed by atoms with E-state index >= 15 is 0 Å². The second-order valence-electron chi connectivity index (χ2n) is 7.30. The molecule has 0 aliphatic heterocycles. The van der Waals surface area contributed by atoms with Crippen molar-refractivity contribution in [1.82, 2.24) is 0 Å². The molecular formula is C26H23BrClOP. The van der Waals surface area contributed by atoms with Crippen molar-refractivity contribution in [3.63, 3.8) is 0 Å². The number of benzene rings is 4. The van der Waals surface area contributed by atoms with Gasteiger partial charge in [-0.2, -0.15) is 0 Å². The number of ether oxygens (including phenoxy) is 1. The van der Waals surface area contributed by atoms with Crippen LogP contribution < -0.4 is 20.7 Å². The van der Waals surface area contributed by atoms with E-state index in [1.54, 1.807) is 7.11 Å². The van der Waals surface area contributed by atoms with E-state index in [-0.39, 0.29) is 0 Å². The molecule has 0 heterocycles. The van der Waals surface area contributed by atoms with Crippen LogP contribution in [0.5, 0.6) is 5.75 Å². The standard InChI is InChI=1S/C26H23BrClOP/c1-29-22-18-17-21(26(28)19-22)20-30(27,23-11-5-2-6-12-23,24-13-7-3-8-14-24)25-15-9-4-10-16-25/h2-19H,20H2,1H3. The van der Waals surface area contributed by atoms with Crippen LogP contribution in [0.2, 0.25) is 5.02 Å². The van der Waals surface area contributed by atoms with E-state index in [0.29, 0.717) is 5.02 Å². The van der Waals surface area contributed by atoms with Gasteiger partial charge < -0.3 is 0 Å². The van der Waals surface area contributed by atoms with Crippen LogP contribution in [-0.4, -0.2) is 7.11 Å². The van der Waals surface area contributed by atoms with Gasteiger partial charge in [0.1, 0.15) is 0 Å². The SMILES string of the molecule is COc1ccc(CP(Br)(c2ccccc2)(c2ccccc2)c2ccccc2)c(Cl)c1. The van der Waals surface area contributed by atoms with Crippen LogP contribution in [0.3, 0.4) is 0 Å². The maximum atomic E-state index is 6.76. The van der Waals surface area contributed by atoms with Crippen molar-refractivity contribution >= 4 is 48.3 Å². The Kier molecular flexibility index (Phi) is 6.02. The molecule has 0 saturated heterocycles. The van der Waals surface area contributed by atoms with Gasteiger partial charge in [-0.25, -0.2) is 0 Å². The van der Waals surface area contributed by atoms with Gasteiger partial charge in [-0.3, -0.25) is 0 Å². The van der Waals surface area contributed by atoms with Crippen molar-refractivity contribution < 1.29 is 4.74 Å². The fraction of sp³-hybridized carbons (Fsp3) is 0.0769. The molecule has 0 unspecified atom stereocenters. The zero-order chi connectivity index (χ0) is 21.1. The molecule has 0 bridgehead atoms. The first-order valence-electron chi connectivity index (χ1n) is 9.78. The van der Waals surface area contributed by atoms with E-state index in [9.17, 15) is 0 Å². The molecule has 0 saturated carbocycles. The van der Waals surface area contributed by atoms with Crippen LogP contribution >= 0.6 is 32.4 Å². The second kappa shape index (κ2) is 8.55. The molecule has 0 aliphatic carbocycles. The van der Waals surface area contributed by atoms with Gasteiger partial charge in [-0.1, -0.05) is 0 Å². The summed E-state index contributed by atoms with van der Waals surface area (Å²) in [5.41, 5.74) is 1.09. The summed E-state index contributed by atoms with van der Waals surface area (Å²) < 4.78 is 5.37. The molecule has 0 N–H and O–H groups in total. The van der Waals surface area contributed by atoms with Crippen LogP contribution in [0, 0.1) is 0 Å². The minimum atomic E-state index is -3.05. The minimum absolute atomic E-state index is 0.714. The van der Waals surface area contributed by atoms with Crippen molar-refractivity contribution in [1.29, 1.82) is 0 Å². The monoisotopic (exact) mass is 496 g/mol. The summed E-state index contributed by atoms with van der Waals surface area (Å²) in [6, 6.07) is 38.2. The van der Waals surface area contributed by atoms with Crippen LogP contribution in [0.4, 0.5) is 0 Å². The van der Waals surface area contributed by atoms with Gasteiger partial charge in [0.25, 0.3) is 0 Å². The predicted octanol–water partition coefficient (Wildman–Crippen LogP) is 6.69. The molecule has 0 spiro atoms. The fourth-order valence-electron chi connectivity index (χ4n) is 4.04. The summed E-state index contributed by atoms with van der Waals surface area (Å²) in [4.78, 5) is 0. The summed E-state index contributed by atoms with van der Waals surface area (Å²) in [7, 11) is 1.66. The van der Waals surface area contributed by atoms with Crippen LogP contribution in [-0.2, 0) is 6.16 Å². The normalized spacial score (nSPS) is 12.7. The van der Waals surface area contributed by atoms with Crippen molar-refractivity contribution in [3.05, 3.63) is 120 Å². The molecule has 0 aromatic heterocycles. The number of hydrogen-bond acceptors (Lipinski definition) is 1. The third-order valence-corrected chi connectivity index (χ3v) is 15.5. The molecule has 0 atom stereocenters. The Balaban J connectivity index is 2.06. The molecule has 0 radical (unpaired) electrons. The molecule has 30 heavy (non-hydrogen) atoms. The van der Waals surface area contributed by atoms with Gasteiger partial charge >= 0.3 is 192 Å². The van der Waals surface area contributed by atoms with Crippen LogP contribution in [0.1, 0.15) is 5.56 Å². The zero-order valence-corrected chi connectivity index (χ0v) is 19.9. The zero-order valence-electron chi connectivity index (χ0n) is 16.7. The van der Waals surface area contributed by atoms with E-state index in [4.69, 9.17) is 16.3 Å². The van der Waals surface area contributed by atoms with Gasteiger partial charge in [-0.05, 0) is 0 Å². The summed E-state index contributed by atoms with van der Waals surface area (Å²) in [6.45, 7) is 0. The molecule has 4 aromatic rings. The molecule has 1 nitrogen and oxygen atoms in total. The van der Waals surface area contributed by atoms with Crippen molar-refractivity contribution in [3.8, 4) is 5.75 Å². The number of hydrogen-bond donors (Lipinski definition) is 0. The van der Waals surface area contributed by atoms with E-state index in [1.807, 2.05) is 12.1 Å². The second-order valence-corrected chi connectivity index (χ2v) is 16.6.